The molecule has 0 spiro atoms. The number of carboxylic acid groups (broad SMARTS) is 1. The second kappa shape index (κ2) is 12.7. The van der Waals surface area contributed by atoms with E-state index >= 15 is 0 Å². The molecule has 1 saturated heterocycles. The average Bonchev–Trinajstić information content (AvgIpc) is 3.38. The van der Waals surface area contributed by atoms with Crippen molar-refractivity contribution in [2.45, 2.75) is 38.6 Å². The Morgan fingerprint density at radius 3 is 2.64 bits per heavy atom. The molecule has 4 rings (SSSR count). The van der Waals surface area contributed by atoms with E-state index in [2.05, 4.69) is 15.8 Å². The number of nitrogens with one attached hydrogen (secondary N) is 2. The minimum absolute atomic E-state index is 0.124. The molecule has 1 aromatic heterocycles. The summed E-state index contributed by atoms with van der Waals surface area (Å²) in [7, 11) is 3.49. The van der Waals surface area contributed by atoms with Gasteiger partial charge in [-0.3, -0.25) is 14.9 Å². The SMILES string of the molecule is CN(C)c1cc(NC(=O)O)c(NC(=O)CC(=O)c2cccc(-c3cc(COC4CCCCO4)on3)c2)cc1Cl. The molecular formula is C27H29ClN4O7. The quantitative estimate of drug-likeness (QED) is 0.221. The fourth-order valence-electron chi connectivity index (χ4n) is 4.06. The number of amides is 2. The van der Waals surface area contributed by atoms with Gasteiger partial charge in [0.1, 0.15) is 12.3 Å². The maximum Gasteiger partial charge on any atom is 0.409 e. The average molecular weight is 557 g/mol. The van der Waals surface area contributed by atoms with Crippen LogP contribution in [-0.2, 0) is 20.9 Å². The van der Waals surface area contributed by atoms with Crippen LogP contribution in [0.15, 0.2) is 47.0 Å². The second-order valence-corrected chi connectivity index (χ2v) is 9.60. The summed E-state index contributed by atoms with van der Waals surface area (Å²) >= 11 is 6.29. The van der Waals surface area contributed by atoms with Crippen LogP contribution in [0.3, 0.4) is 0 Å². The highest BCUT2D eigenvalue weighted by molar-refractivity contribution is 6.34. The number of rotatable bonds is 10. The zero-order valence-corrected chi connectivity index (χ0v) is 22.3. The number of nitrogens with zero attached hydrogens (tertiary/aromatic N) is 2. The molecule has 0 saturated carbocycles. The molecule has 1 aliphatic rings. The van der Waals surface area contributed by atoms with Crippen molar-refractivity contribution in [3.63, 3.8) is 0 Å². The largest absolute Gasteiger partial charge is 0.465 e. The van der Waals surface area contributed by atoms with E-state index in [9.17, 15) is 19.5 Å². The summed E-state index contributed by atoms with van der Waals surface area (Å²) in [5, 5.41) is 18.4. The third kappa shape index (κ3) is 7.56. The van der Waals surface area contributed by atoms with E-state index in [0.29, 0.717) is 39.9 Å². The Morgan fingerprint density at radius 1 is 1.13 bits per heavy atom. The molecule has 0 aliphatic carbocycles. The minimum atomic E-state index is -1.31. The standard InChI is InChI=1S/C27H29ClN4O7/c1-32(2)23-13-22(30-27(35)36)21(12-19(23)28)29-25(34)14-24(33)17-7-5-6-16(10-17)20-11-18(39-31-20)15-38-26-8-3-4-9-37-26/h5-7,10-13,26,30H,3-4,8-9,14-15H2,1-2H3,(H,29,34)(H,35,36). The van der Waals surface area contributed by atoms with Crippen molar-refractivity contribution >= 4 is 46.4 Å². The van der Waals surface area contributed by atoms with Crippen molar-refractivity contribution in [2.24, 2.45) is 0 Å². The number of carbonyl (C=O) groups excluding carboxylic acids is 2. The lowest BCUT2D eigenvalue weighted by atomic mass is 10.0. The molecule has 12 heteroatoms. The second-order valence-electron chi connectivity index (χ2n) is 9.19. The molecule has 0 radical (unpaired) electrons. The highest BCUT2D eigenvalue weighted by Gasteiger charge is 2.19. The van der Waals surface area contributed by atoms with E-state index < -0.39 is 24.2 Å². The van der Waals surface area contributed by atoms with Crippen molar-refractivity contribution in [1.82, 2.24) is 5.16 Å². The Labute approximate surface area is 230 Å². The summed E-state index contributed by atoms with van der Waals surface area (Å²) in [6, 6.07) is 11.4. The van der Waals surface area contributed by atoms with E-state index in [1.807, 2.05) is 0 Å². The molecule has 1 atom stereocenters. The predicted molar refractivity (Wildman–Crippen MR) is 145 cm³/mol. The number of ether oxygens (including phenoxy) is 2. The van der Waals surface area contributed by atoms with E-state index in [1.165, 1.54) is 12.1 Å². The number of aromatic nitrogens is 1. The summed E-state index contributed by atoms with van der Waals surface area (Å²) in [5.74, 6) is -0.530. The van der Waals surface area contributed by atoms with Crippen LogP contribution < -0.4 is 15.5 Å². The van der Waals surface area contributed by atoms with E-state index in [-0.39, 0.29) is 24.3 Å². The van der Waals surface area contributed by atoms with Crippen molar-refractivity contribution in [3.05, 3.63) is 58.8 Å². The summed E-state index contributed by atoms with van der Waals surface area (Å²) in [6.45, 7) is 0.900. The normalized spacial score (nSPS) is 15.0. The van der Waals surface area contributed by atoms with Crippen LogP contribution in [0.2, 0.25) is 5.02 Å². The van der Waals surface area contributed by atoms with Gasteiger partial charge >= 0.3 is 6.09 Å². The fourth-order valence-corrected chi connectivity index (χ4v) is 4.39. The van der Waals surface area contributed by atoms with Gasteiger partial charge in [0, 0.05) is 37.9 Å². The Kier molecular flexibility index (Phi) is 9.18. The highest BCUT2D eigenvalue weighted by atomic mass is 35.5. The third-order valence-electron chi connectivity index (χ3n) is 5.99. The topological polar surface area (TPSA) is 143 Å². The maximum atomic E-state index is 12.9. The molecule has 1 unspecified atom stereocenters. The lowest BCUT2D eigenvalue weighted by Crippen LogP contribution is -2.21. The first-order valence-corrected chi connectivity index (χ1v) is 12.7. The molecule has 2 amide bonds. The monoisotopic (exact) mass is 556 g/mol. The first-order chi connectivity index (χ1) is 18.7. The van der Waals surface area contributed by atoms with Crippen LogP contribution in [0.4, 0.5) is 21.9 Å². The van der Waals surface area contributed by atoms with Gasteiger partial charge in [0.15, 0.2) is 17.8 Å². The molecular weight excluding hydrogens is 528 g/mol. The molecule has 3 N–H and O–H groups in total. The first-order valence-electron chi connectivity index (χ1n) is 12.3. The molecule has 1 fully saturated rings. The number of ketones is 1. The van der Waals surface area contributed by atoms with Gasteiger partial charge in [0.25, 0.3) is 0 Å². The number of benzene rings is 2. The third-order valence-corrected chi connectivity index (χ3v) is 6.30. The van der Waals surface area contributed by atoms with Gasteiger partial charge < -0.3 is 29.3 Å². The Bertz CT molecular complexity index is 1350. The molecule has 0 bridgehead atoms. The van der Waals surface area contributed by atoms with Gasteiger partial charge in [-0.2, -0.15) is 0 Å². The number of anilines is 3. The Hall–Kier alpha value is -3.93. The molecule has 11 nitrogen and oxygen atoms in total. The summed E-state index contributed by atoms with van der Waals surface area (Å²) < 4.78 is 16.7. The van der Waals surface area contributed by atoms with E-state index in [4.69, 9.17) is 25.6 Å². The highest BCUT2D eigenvalue weighted by Crippen LogP contribution is 2.34. The number of Topliss-reactive ketones (excluding diaryl/α,β-unsaturated/α-hetero) is 1. The van der Waals surface area contributed by atoms with Gasteiger partial charge in [-0.05, 0) is 37.5 Å². The lowest BCUT2D eigenvalue weighted by Gasteiger charge is -2.21. The zero-order valence-electron chi connectivity index (χ0n) is 21.5. The summed E-state index contributed by atoms with van der Waals surface area (Å²) in [4.78, 5) is 38.6. The molecule has 3 aromatic rings. The van der Waals surface area contributed by atoms with Crippen LogP contribution in [0, 0.1) is 0 Å². The van der Waals surface area contributed by atoms with Crippen molar-refractivity contribution in [3.8, 4) is 11.3 Å². The number of hydrogen-bond acceptors (Lipinski definition) is 8. The van der Waals surface area contributed by atoms with Gasteiger partial charge in [0.2, 0.25) is 5.91 Å². The van der Waals surface area contributed by atoms with E-state index in [0.717, 1.165) is 19.3 Å². The Morgan fingerprint density at radius 2 is 1.92 bits per heavy atom. The minimum Gasteiger partial charge on any atom is -0.465 e. The van der Waals surface area contributed by atoms with Crippen molar-refractivity contribution in [2.75, 3.05) is 36.2 Å². The zero-order chi connectivity index (χ0) is 27.9. The fraction of sp³-hybridized carbons (Fsp3) is 0.333. The molecule has 206 valence electrons. The van der Waals surface area contributed by atoms with Crippen molar-refractivity contribution < 1.29 is 33.5 Å². The first kappa shape index (κ1) is 28.1. The maximum absolute atomic E-state index is 12.9. The van der Waals surface area contributed by atoms with Crippen LogP contribution in [0.25, 0.3) is 11.3 Å². The number of halogens is 1. The van der Waals surface area contributed by atoms with Gasteiger partial charge in [-0.1, -0.05) is 35.0 Å². The molecule has 1 aliphatic heterocycles. The van der Waals surface area contributed by atoms with Gasteiger partial charge in [0.05, 0.1) is 28.5 Å². The number of hydrogen-bond donors (Lipinski definition) is 3. The molecule has 2 aromatic carbocycles. The van der Waals surface area contributed by atoms with E-state index in [1.54, 1.807) is 49.3 Å². The van der Waals surface area contributed by atoms with Crippen LogP contribution in [0.1, 0.15) is 41.8 Å². The number of carbonyl (C=O) groups is 3. The van der Waals surface area contributed by atoms with Crippen LogP contribution in [-0.4, -0.2) is 55.0 Å². The molecule has 2 heterocycles. The summed E-state index contributed by atoms with van der Waals surface area (Å²) in [5.41, 5.74) is 2.29. The molecule has 39 heavy (non-hydrogen) atoms. The van der Waals surface area contributed by atoms with Crippen LogP contribution in [0.5, 0.6) is 0 Å². The van der Waals surface area contributed by atoms with Crippen LogP contribution >= 0.6 is 11.6 Å². The smallest absolute Gasteiger partial charge is 0.409 e. The van der Waals surface area contributed by atoms with Crippen molar-refractivity contribution in [1.29, 1.82) is 0 Å². The lowest BCUT2D eigenvalue weighted by molar-refractivity contribution is -0.171. The van der Waals surface area contributed by atoms with Gasteiger partial charge in [-0.15, -0.1) is 0 Å². The Balaban J connectivity index is 1.41. The van der Waals surface area contributed by atoms with Gasteiger partial charge in [-0.25, -0.2) is 4.79 Å². The summed E-state index contributed by atoms with van der Waals surface area (Å²) in [6.07, 6.45) is 0.895. The predicted octanol–water partition coefficient (Wildman–Crippen LogP) is 5.41.